The van der Waals surface area contributed by atoms with Gasteiger partial charge in [-0.05, 0) is 32.7 Å². The van der Waals surface area contributed by atoms with Crippen LogP contribution in [-0.2, 0) is 9.84 Å². The van der Waals surface area contributed by atoms with Gasteiger partial charge in [-0.3, -0.25) is 0 Å². The van der Waals surface area contributed by atoms with Gasteiger partial charge in [0.05, 0.1) is 5.75 Å². The molecular weight excluding hydrogens is 186 g/mol. The van der Waals surface area contributed by atoms with E-state index in [9.17, 15) is 8.42 Å². The summed E-state index contributed by atoms with van der Waals surface area (Å²) in [6.45, 7) is 2.84. The van der Waals surface area contributed by atoms with Gasteiger partial charge in [0, 0.05) is 18.8 Å². The van der Waals surface area contributed by atoms with Crippen molar-refractivity contribution in [2.75, 3.05) is 25.6 Å². The highest BCUT2D eigenvalue weighted by Crippen LogP contribution is 2.34. The quantitative estimate of drug-likeness (QED) is 0.665. The third-order valence-electron chi connectivity index (χ3n) is 2.81. The van der Waals surface area contributed by atoms with E-state index in [-0.39, 0.29) is 5.75 Å². The van der Waals surface area contributed by atoms with Gasteiger partial charge in [-0.2, -0.15) is 0 Å². The smallest absolute Gasteiger partial charge is 0.148 e. The molecule has 3 nitrogen and oxygen atoms in total. The maximum Gasteiger partial charge on any atom is 0.148 e. The molecule has 1 atom stereocenters. The molecule has 1 unspecified atom stereocenters. The zero-order valence-electron chi connectivity index (χ0n) is 8.66. The zero-order valence-corrected chi connectivity index (χ0v) is 9.47. The van der Waals surface area contributed by atoms with Crippen LogP contribution < -0.4 is 0 Å². The largest absolute Gasteiger partial charge is 0.302 e. The van der Waals surface area contributed by atoms with Crippen LogP contribution in [0.1, 0.15) is 19.8 Å². The van der Waals surface area contributed by atoms with Crippen LogP contribution in [-0.4, -0.2) is 45.0 Å². The Labute approximate surface area is 81.0 Å². The lowest BCUT2D eigenvalue weighted by Crippen LogP contribution is -2.34. The van der Waals surface area contributed by atoms with Gasteiger partial charge in [0.25, 0.3) is 0 Å². The van der Waals surface area contributed by atoms with Crippen LogP contribution in [0.15, 0.2) is 0 Å². The standard InChI is InChI=1S/C9H19NO2S/c1-8(9-4-5-9)10(2)6-7-13(3,11)12/h8-9H,4-7H2,1-3H3. The third kappa shape index (κ3) is 4.09. The molecule has 1 aliphatic rings. The molecule has 1 rings (SSSR count). The SMILES string of the molecule is CC(C1CC1)N(C)CCS(C)(=O)=O. The number of nitrogens with zero attached hydrogens (tertiary/aromatic N) is 1. The molecule has 0 N–H and O–H groups in total. The summed E-state index contributed by atoms with van der Waals surface area (Å²) >= 11 is 0. The second kappa shape index (κ2) is 3.96. The summed E-state index contributed by atoms with van der Waals surface area (Å²) < 4.78 is 21.8. The molecule has 0 aromatic heterocycles. The molecule has 0 aliphatic heterocycles. The first-order valence-electron chi connectivity index (χ1n) is 4.78. The summed E-state index contributed by atoms with van der Waals surface area (Å²) in [6.07, 6.45) is 3.91. The summed E-state index contributed by atoms with van der Waals surface area (Å²) in [6, 6.07) is 0.543. The van der Waals surface area contributed by atoms with E-state index in [1.807, 2.05) is 7.05 Å². The van der Waals surface area contributed by atoms with Crippen LogP contribution in [0.5, 0.6) is 0 Å². The molecule has 0 bridgehead atoms. The van der Waals surface area contributed by atoms with Crippen molar-refractivity contribution in [1.82, 2.24) is 4.90 Å². The van der Waals surface area contributed by atoms with Crippen LogP contribution in [0.25, 0.3) is 0 Å². The molecule has 0 aromatic rings. The van der Waals surface area contributed by atoms with Gasteiger partial charge in [0.1, 0.15) is 9.84 Å². The second-order valence-corrected chi connectivity index (χ2v) is 6.45. The number of hydrogen-bond acceptors (Lipinski definition) is 3. The van der Waals surface area contributed by atoms with Crippen molar-refractivity contribution < 1.29 is 8.42 Å². The van der Waals surface area contributed by atoms with E-state index in [0.29, 0.717) is 12.6 Å². The Morgan fingerprint density at radius 3 is 2.38 bits per heavy atom. The zero-order chi connectivity index (χ0) is 10.1. The minimum atomic E-state index is -2.80. The van der Waals surface area contributed by atoms with Gasteiger partial charge in [-0.15, -0.1) is 0 Å². The molecule has 1 aliphatic carbocycles. The van der Waals surface area contributed by atoms with Crippen molar-refractivity contribution in [1.29, 1.82) is 0 Å². The molecule has 0 saturated heterocycles. The Bertz CT molecular complexity index is 257. The lowest BCUT2D eigenvalue weighted by Gasteiger charge is -2.23. The Morgan fingerprint density at radius 2 is 2.00 bits per heavy atom. The van der Waals surface area contributed by atoms with Crippen LogP contribution in [0.4, 0.5) is 0 Å². The summed E-state index contributed by atoms with van der Waals surface area (Å²) in [5.74, 6) is 1.09. The average molecular weight is 205 g/mol. The van der Waals surface area contributed by atoms with Gasteiger partial charge in [0.15, 0.2) is 0 Å². The fourth-order valence-corrected chi connectivity index (χ4v) is 2.07. The van der Waals surface area contributed by atoms with Crippen molar-refractivity contribution in [3.63, 3.8) is 0 Å². The highest BCUT2D eigenvalue weighted by molar-refractivity contribution is 7.90. The van der Waals surface area contributed by atoms with Crippen LogP contribution in [0, 0.1) is 5.92 Å². The van der Waals surface area contributed by atoms with E-state index in [2.05, 4.69) is 11.8 Å². The fraction of sp³-hybridized carbons (Fsp3) is 1.00. The Hall–Kier alpha value is -0.0900. The lowest BCUT2D eigenvalue weighted by molar-refractivity contribution is 0.247. The number of sulfone groups is 1. The van der Waals surface area contributed by atoms with E-state index in [1.54, 1.807) is 0 Å². The predicted octanol–water partition coefficient (Wildman–Crippen LogP) is 0.761. The van der Waals surface area contributed by atoms with Crippen LogP contribution in [0.2, 0.25) is 0 Å². The predicted molar refractivity (Wildman–Crippen MR) is 54.5 cm³/mol. The summed E-state index contributed by atoms with van der Waals surface area (Å²) in [5, 5.41) is 0. The Morgan fingerprint density at radius 1 is 1.46 bits per heavy atom. The highest BCUT2D eigenvalue weighted by Gasteiger charge is 2.30. The molecule has 0 radical (unpaired) electrons. The molecule has 0 heterocycles. The Balaban J connectivity index is 2.27. The van der Waals surface area contributed by atoms with Crippen LogP contribution in [0.3, 0.4) is 0 Å². The van der Waals surface area contributed by atoms with Gasteiger partial charge in [0.2, 0.25) is 0 Å². The molecule has 4 heteroatoms. The van der Waals surface area contributed by atoms with Gasteiger partial charge >= 0.3 is 0 Å². The maximum atomic E-state index is 10.9. The fourth-order valence-electron chi connectivity index (χ4n) is 1.45. The van der Waals surface area contributed by atoms with E-state index in [4.69, 9.17) is 0 Å². The first kappa shape index (κ1) is 11.0. The molecule has 0 amide bonds. The van der Waals surface area contributed by atoms with Crippen molar-refractivity contribution in [2.45, 2.75) is 25.8 Å². The van der Waals surface area contributed by atoms with Crippen molar-refractivity contribution in [2.24, 2.45) is 5.92 Å². The Kier molecular flexibility index (Phi) is 3.35. The molecule has 78 valence electrons. The van der Waals surface area contributed by atoms with Gasteiger partial charge in [-0.25, -0.2) is 8.42 Å². The molecule has 0 aromatic carbocycles. The molecule has 1 fully saturated rings. The number of hydrogen-bond donors (Lipinski definition) is 0. The normalized spacial score (nSPS) is 20.6. The first-order valence-corrected chi connectivity index (χ1v) is 6.84. The van der Waals surface area contributed by atoms with E-state index < -0.39 is 9.84 Å². The minimum absolute atomic E-state index is 0.278. The summed E-state index contributed by atoms with van der Waals surface area (Å²) in [4.78, 5) is 2.15. The monoisotopic (exact) mass is 205 g/mol. The van der Waals surface area contributed by atoms with E-state index >= 15 is 0 Å². The van der Waals surface area contributed by atoms with Crippen molar-refractivity contribution >= 4 is 9.84 Å². The molecule has 0 spiro atoms. The molecular formula is C9H19NO2S. The van der Waals surface area contributed by atoms with E-state index in [0.717, 1.165) is 5.92 Å². The van der Waals surface area contributed by atoms with Crippen molar-refractivity contribution in [3.05, 3.63) is 0 Å². The van der Waals surface area contributed by atoms with Crippen molar-refractivity contribution in [3.8, 4) is 0 Å². The summed E-state index contributed by atoms with van der Waals surface area (Å²) in [5.41, 5.74) is 0. The highest BCUT2D eigenvalue weighted by atomic mass is 32.2. The molecule has 1 saturated carbocycles. The summed E-state index contributed by atoms with van der Waals surface area (Å²) in [7, 11) is -0.792. The van der Waals surface area contributed by atoms with Gasteiger partial charge < -0.3 is 4.90 Å². The topological polar surface area (TPSA) is 37.4 Å². The van der Waals surface area contributed by atoms with E-state index in [1.165, 1.54) is 19.1 Å². The first-order chi connectivity index (χ1) is 5.90. The van der Waals surface area contributed by atoms with Crippen LogP contribution >= 0.6 is 0 Å². The number of rotatable bonds is 5. The molecule has 13 heavy (non-hydrogen) atoms. The van der Waals surface area contributed by atoms with Gasteiger partial charge in [-0.1, -0.05) is 0 Å². The lowest BCUT2D eigenvalue weighted by atomic mass is 10.2. The third-order valence-corrected chi connectivity index (χ3v) is 3.74. The average Bonchev–Trinajstić information content (AvgIpc) is 2.79. The second-order valence-electron chi connectivity index (χ2n) is 4.19. The maximum absolute atomic E-state index is 10.9. The minimum Gasteiger partial charge on any atom is -0.302 e.